The zero-order chi connectivity index (χ0) is 18.0. The van der Waals surface area contributed by atoms with Gasteiger partial charge in [-0.25, -0.2) is 13.1 Å². The minimum Gasteiger partial charge on any atom is -0.396 e. The third-order valence-electron chi connectivity index (χ3n) is 3.21. The highest BCUT2D eigenvalue weighted by Crippen LogP contribution is 2.20. The maximum Gasteiger partial charge on any atom is 0.248 e. The van der Waals surface area contributed by atoms with Crippen LogP contribution in [0.1, 0.15) is 19.7 Å². The predicted octanol–water partition coefficient (Wildman–Crippen LogP) is 1.25. The zero-order valence-corrected chi connectivity index (χ0v) is 14.6. The molecule has 9 nitrogen and oxygen atoms in total. The van der Waals surface area contributed by atoms with Gasteiger partial charge >= 0.3 is 0 Å². The van der Waals surface area contributed by atoms with Gasteiger partial charge in [-0.2, -0.15) is 10.1 Å². The number of nitrogens with zero attached hydrogens (tertiary/aromatic N) is 4. The van der Waals surface area contributed by atoms with Crippen molar-refractivity contribution >= 4 is 15.7 Å². The molecule has 10 heteroatoms. The van der Waals surface area contributed by atoms with Gasteiger partial charge in [0.2, 0.25) is 21.7 Å². The molecule has 0 spiro atoms. The smallest absolute Gasteiger partial charge is 0.248 e. The summed E-state index contributed by atoms with van der Waals surface area (Å²) in [5.74, 6) is 0.642. The summed E-state index contributed by atoms with van der Waals surface area (Å²) in [6.45, 7) is 3.79. The summed E-state index contributed by atoms with van der Waals surface area (Å²) in [6, 6.07) is 6.17. The highest BCUT2D eigenvalue weighted by molar-refractivity contribution is 7.89. The van der Waals surface area contributed by atoms with E-state index < -0.39 is 10.0 Å². The van der Waals surface area contributed by atoms with E-state index in [2.05, 4.69) is 20.0 Å². The number of hydrogen-bond donors (Lipinski definition) is 2. The first-order valence-corrected chi connectivity index (χ1v) is 9.05. The number of rotatable bonds is 6. The Morgan fingerprint density at radius 1 is 1.36 bits per heavy atom. The molecule has 2 heterocycles. The molecule has 0 saturated carbocycles. The fraction of sp³-hybridized carbons (Fsp3) is 0.267. The van der Waals surface area contributed by atoms with E-state index in [9.17, 15) is 8.42 Å². The molecule has 132 valence electrons. The van der Waals surface area contributed by atoms with Crippen LogP contribution in [0.2, 0.25) is 0 Å². The molecule has 0 aliphatic rings. The van der Waals surface area contributed by atoms with Gasteiger partial charge in [0, 0.05) is 17.8 Å². The first kappa shape index (κ1) is 17.1. The van der Waals surface area contributed by atoms with Gasteiger partial charge in [0.05, 0.1) is 16.8 Å². The van der Waals surface area contributed by atoms with Crippen LogP contribution in [-0.2, 0) is 16.6 Å². The molecule has 3 N–H and O–H groups in total. The summed E-state index contributed by atoms with van der Waals surface area (Å²) in [5.41, 5.74) is 6.69. The molecule has 0 radical (unpaired) electrons. The lowest BCUT2D eigenvalue weighted by atomic mass is 10.2. The number of nitrogens with two attached hydrogens (primary N) is 1. The molecule has 0 saturated heterocycles. The summed E-state index contributed by atoms with van der Waals surface area (Å²) >= 11 is 0. The van der Waals surface area contributed by atoms with E-state index in [-0.39, 0.29) is 17.5 Å². The van der Waals surface area contributed by atoms with E-state index in [1.54, 1.807) is 36.9 Å². The lowest BCUT2D eigenvalue weighted by Crippen LogP contribution is -2.30. The van der Waals surface area contributed by atoms with Crippen LogP contribution in [0.15, 0.2) is 46.1 Å². The zero-order valence-electron chi connectivity index (χ0n) is 13.7. The van der Waals surface area contributed by atoms with E-state index in [1.165, 1.54) is 18.3 Å². The predicted molar refractivity (Wildman–Crippen MR) is 90.9 cm³/mol. The van der Waals surface area contributed by atoms with Crippen LogP contribution in [0.4, 0.5) is 5.69 Å². The van der Waals surface area contributed by atoms with Gasteiger partial charge in [0.25, 0.3) is 0 Å². The second-order valence-electron chi connectivity index (χ2n) is 5.79. The third kappa shape index (κ3) is 4.03. The Hall–Kier alpha value is -2.72. The van der Waals surface area contributed by atoms with Crippen LogP contribution < -0.4 is 10.5 Å². The second-order valence-corrected chi connectivity index (χ2v) is 7.50. The van der Waals surface area contributed by atoms with Crippen LogP contribution in [0, 0.1) is 0 Å². The van der Waals surface area contributed by atoms with Crippen molar-refractivity contribution in [3.05, 3.63) is 42.5 Å². The molecule has 3 rings (SSSR count). The van der Waals surface area contributed by atoms with Crippen molar-refractivity contribution < 1.29 is 12.9 Å². The Balaban J connectivity index is 1.84. The average Bonchev–Trinajstić information content (AvgIpc) is 3.16. The monoisotopic (exact) mass is 362 g/mol. The van der Waals surface area contributed by atoms with Crippen molar-refractivity contribution in [2.45, 2.75) is 31.3 Å². The standard InChI is InChI=1S/C15H18N6O3S/c1-10(2)20-25(22,23)13-5-3-4-11(6-13)15-18-14(24-19-15)9-21-8-12(16)7-17-21/h3-8,10,20H,9,16H2,1-2H3. The number of nitrogens with one attached hydrogen (secondary N) is 1. The molecule has 0 unspecified atom stereocenters. The van der Waals surface area contributed by atoms with Gasteiger partial charge in [-0.1, -0.05) is 17.3 Å². The molecule has 0 bridgehead atoms. The molecule has 3 aromatic rings. The summed E-state index contributed by atoms with van der Waals surface area (Å²) in [4.78, 5) is 4.42. The topological polar surface area (TPSA) is 129 Å². The first-order chi connectivity index (χ1) is 11.8. The van der Waals surface area contributed by atoms with Gasteiger partial charge in [-0.05, 0) is 26.0 Å². The van der Waals surface area contributed by atoms with E-state index in [0.29, 0.717) is 23.0 Å². The van der Waals surface area contributed by atoms with Crippen LogP contribution >= 0.6 is 0 Å². The molecule has 0 aliphatic carbocycles. The van der Waals surface area contributed by atoms with Gasteiger partial charge in [-0.15, -0.1) is 0 Å². The molecule has 0 atom stereocenters. The van der Waals surface area contributed by atoms with Crippen molar-refractivity contribution in [3.8, 4) is 11.4 Å². The molecule has 0 amide bonds. The highest BCUT2D eigenvalue weighted by Gasteiger charge is 2.17. The number of benzene rings is 1. The molecular formula is C15H18N6O3S. The average molecular weight is 362 g/mol. The number of anilines is 1. The van der Waals surface area contributed by atoms with Gasteiger partial charge in [0.1, 0.15) is 6.54 Å². The molecule has 0 fully saturated rings. The van der Waals surface area contributed by atoms with Crippen molar-refractivity contribution in [1.82, 2.24) is 24.6 Å². The molecule has 25 heavy (non-hydrogen) atoms. The Kier molecular flexibility index (Phi) is 4.55. The summed E-state index contributed by atoms with van der Waals surface area (Å²) in [7, 11) is -3.59. The first-order valence-electron chi connectivity index (χ1n) is 7.57. The Morgan fingerprint density at radius 3 is 2.84 bits per heavy atom. The minimum atomic E-state index is -3.59. The normalized spacial score (nSPS) is 12.0. The summed E-state index contributed by atoms with van der Waals surface area (Å²) in [5, 5.41) is 7.94. The highest BCUT2D eigenvalue weighted by atomic mass is 32.2. The lowest BCUT2D eigenvalue weighted by Gasteiger charge is -2.09. The van der Waals surface area contributed by atoms with Crippen molar-refractivity contribution in [1.29, 1.82) is 0 Å². The minimum absolute atomic E-state index is 0.143. The summed E-state index contributed by atoms with van der Waals surface area (Å²) < 4.78 is 33.9. The molecular weight excluding hydrogens is 344 g/mol. The van der Waals surface area contributed by atoms with E-state index in [0.717, 1.165) is 0 Å². The van der Waals surface area contributed by atoms with Gasteiger partial charge in [-0.3, -0.25) is 4.68 Å². The number of hydrogen-bond acceptors (Lipinski definition) is 7. The van der Waals surface area contributed by atoms with E-state index >= 15 is 0 Å². The van der Waals surface area contributed by atoms with Crippen LogP contribution in [0.25, 0.3) is 11.4 Å². The number of nitrogen functional groups attached to an aromatic ring is 1. The Bertz CT molecular complexity index is 977. The maximum atomic E-state index is 12.3. The SMILES string of the molecule is CC(C)NS(=O)(=O)c1cccc(-c2noc(Cn3cc(N)cn3)n2)c1. The van der Waals surface area contributed by atoms with E-state index in [4.69, 9.17) is 10.3 Å². The Labute approximate surface area is 144 Å². The second kappa shape index (κ2) is 6.65. The maximum absolute atomic E-state index is 12.3. The van der Waals surface area contributed by atoms with Crippen molar-refractivity contribution in [3.63, 3.8) is 0 Å². The van der Waals surface area contributed by atoms with Crippen LogP contribution in [0.5, 0.6) is 0 Å². The quantitative estimate of drug-likeness (QED) is 0.675. The van der Waals surface area contributed by atoms with Crippen LogP contribution in [0.3, 0.4) is 0 Å². The van der Waals surface area contributed by atoms with Gasteiger partial charge < -0.3 is 10.3 Å². The number of sulfonamides is 1. The van der Waals surface area contributed by atoms with Crippen molar-refractivity contribution in [2.24, 2.45) is 0 Å². The summed E-state index contributed by atoms with van der Waals surface area (Å²) in [6.07, 6.45) is 3.17. The van der Waals surface area contributed by atoms with Crippen molar-refractivity contribution in [2.75, 3.05) is 5.73 Å². The lowest BCUT2D eigenvalue weighted by molar-refractivity contribution is 0.366. The van der Waals surface area contributed by atoms with Crippen LogP contribution in [-0.4, -0.2) is 34.4 Å². The molecule has 1 aromatic carbocycles. The fourth-order valence-electron chi connectivity index (χ4n) is 2.22. The largest absolute Gasteiger partial charge is 0.396 e. The Morgan fingerprint density at radius 2 is 2.16 bits per heavy atom. The van der Waals surface area contributed by atoms with E-state index in [1.807, 2.05) is 0 Å². The molecule has 2 aromatic heterocycles. The molecule has 0 aliphatic heterocycles. The fourth-order valence-corrected chi connectivity index (χ4v) is 3.52. The number of aromatic nitrogens is 4. The van der Waals surface area contributed by atoms with Gasteiger partial charge in [0.15, 0.2) is 0 Å². The third-order valence-corrected chi connectivity index (χ3v) is 4.87.